The third-order valence-electron chi connectivity index (χ3n) is 4.13. The van der Waals surface area contributed by atoms with Gasteiger partial charge in [0.1, 0.15) is 0 Å². The lowest BCUT2D eigenvalue weighted by molar-refractivity contribution is 0.128. The maximum atomic E-state index is 10.8. The van der Waals surface area contributed by atoms with Gasteiger partial charge in [0.05, 0.1) is 18.5 Å². The number of aliphatic hydroxyl groups excluding tert-OH is 1. The molecule has 4 nitrogen and oxygen atoms in total. The molecule has 4 heteroatoms. The summed E-state index contributed by atoms with van der Waals surface area (Å²) < 4.78 is 2.06. The summed E-state index contributed by atoms with van der Waals surface area (Å²) in [5.74, 6) is 0. The summed E-state index contributed by atoms with van der Waals surface area (Å²) in [5.41, 5.74) is 2.02. The number of hydrogen-bond donors (Lipinski definition) is 2. The molecule has 0 fully saturated rings. The minimum Gasteiger partial charge on any atom is -0.386 e. The average molecular weight is 321 g/mol. The Morgan fingerprint density at radius 1 is 0.958 bits per heavy atom. The number of hydrogen-bond acceptors (Lipinski definition) is 3. The molecular weight excluding hydrogens is 298 g/mol. The summed E-state index contributed by atoms with van der Waals surface area (Å²) >= 11 is 0. The largest absolute Gasteiger partial charge is 0.386 e. The van der Waals surface area contributed by atoms with Crippen LogP contribution in [0.2, 0.25) is 0 Å². The van der Waals surface area contributed by atoms with Gasteiger partial charge in [-0.15, -0.1) is 0 Å². The zero-order chi connectivity index (χ0) is 16.6. The lowest BCUT2D eigenvalue weighted by Crippen LogP contribution is -2.28. The smallest absolute Gasteiger partial charge is 0.0984 e. The van der Waals surface area contributed by atoms with Crippen molar-refractivity contribution >= 4 is 0 Å². The van der Waals surface area contributed by atoms with E-state index in [9.17, 15) is 5.11 Å². The Bertz CT molecular complexity index is 698. The molecule has 2 aromatic carbocycles. The van der Waals surface area contributed by atoms with Crippen LogP contribution in [-0.2, 0) is 6.54 Å². The Hall–Kier alpha value is -2.43. The highest BCUT2D eigenvalue weighted by atomic mass is 16.3. The van der Waals surface area contributed by atoms with E-state index in [1.54, 1.807) is 6.20 Å². The quantitative estimate of drug-likeness (QED) is 0.626. The maximum absolute atomic E-state index is 10.8. The van der Waals surface area contributed by atoms with Gasteiger partial charge >= 0.3 is 0 Å². The lowest BCUT2D eigenvalue weighted by atomic mass is 9.95. The summed E-state index contributed by atoms with van der Waals surface area (Å²) in [6.45, 7) is 1.73. The van der Waals surface area contributed by atoms with Gasteiger partial charge in [-0.3, -0.25) is 0 Å². The van der Waals surface area contributed by atoms with Crippen LogP contribution in [0.3, 0.4) is 0 Å². The van der Waals surface area contributed by atoms with Gasteiger partial charge in [-0.1, -0.05) is 60.7 Å². The van der Waals surface area contributed by atoms with Crippen LogP contribution in [0.25, 0.3) is 0 Å². The van der Waals surface area contributed by atoms with Crippen LogP contribution in [0.5, 0.6) is 0 Å². The number of benzene rings is 2. The fourth-order valence-electron chi connectivity index (χ4n) is 2.85. The number of aryl methyl sites for hydroxylation is 1. The van der Waals surface area contributed by atoms with Gasteiger partial charge in [0, 0.05) is 18.9 Å². The molecule has 0 spiro atoms. The molecule has 3 aromatic rings. The Labute approximate surface area is 142 Å². The van der Waals surface area contributed by atoms with Crippen molar-refractivity contribution in [2.75, 3.05) is 6.54 Å². The van der Waals surface area contributed by atoms with E-state index in [1.807, 2.05) is 61.1 Å². The van der Waals surface area contributed by atoms with Crippen molar-refractivity contribution in [1.82, 2.24) is 14.9 Å². The molecule has 1 heterocycles. The predicted molar refractivity (Wildman–Crippen MR) is 95.4 cm³/mol. The molecule has 0 saturated carbocycles. The standard InChI is InChI=1S/C20H23N3O/c24-20(18-10-5-2-6-11-18)19(17-8-3-1-4-9-17)22-12-7-14-23-15-13-21-16-23/h1-6,8-11,13,15-16,19-20,22,24H,7,12,14H2. The second-order valence-corrected chi connectivity index (χ2v) is 5.85. The average Bonchev–Trinajstić information content (AvgIpc) is 3.16. The molecule has 2 atom stereocenters. The van der Waals surface area contributed by atoms with Crippen LogP contribution in [-0.4, -0.2) is 21.2 Å². The summed E-state index contributed by atoms with van der Waals surface area (Å²) in [4.78, 5) is 4.05. The number of nitrogens with zero attached hydrogens (tertiary/aromatic N) is 2. The highest BCUT2D eigenvalue weighted by molar-refractivity contribution is 5.26. The fraction of sp³-hybridized carbons (Fsp3) is 0.250. The van der Waals surface area contributed by atoms with Gasteiger partial charge in [0.25, 0.3) is 0 Å². The van der Waals surface area contributed by atoms with Crippen LogP contribution in [0.15, 0.2) is 79.4 Å². The molecule has 0 aliphatic rings. The van der Waals surface area contributed by atoms with Gasteiger partial charge in [-0.05, 0) is 24.1 Å². The van der Waals surface area contributed by atoms with Gasteiger partial charge in [0.2, 0.25) is 0 Å². The molecular formula is C20H23N3O. The van der Waals surface area contributed by atoms with Gasteiger partial charge in [-0.2, -0.15) is 0 Å². The van der Waals surface area contributed by atoms with E-state index in [1.165, 1.54) is 0 Å². The lowest BCUT2D eigenvalue weighted by Gasteiger charge is -2.25. The molecule has 124 valence electrons. The predicted octanol–water partition coefficient (Wildman–Crippen LogP) is 3.34. The van der Waals surface area contributed by atoms with Crippen molar-refractivity contribution in [2.45, 2.75) is 25.1 Å². The first-order valence-corrected chi connectivity index (χ1v) is 8.31. The minimum atomic E-state index is -0.582. The summed E-state index contributed by atoms with van der Waals surface area (Å²) in [7, 11) is 0. The monoisotopic (exact) mass is 321 g/mol. The van der Waals surface area contributed by atoms with E-state index in [2.05, 4.69) is 27.0 Å². The third kappa shape index (κ3) is 4.31. The molecule has 1 aromatic heterocycles. The molecule has 0 aliphatic heterocycles. The zero-order valence-corrected chi connectivity index (χ0v) is 13.6. The Balaban J connectivity index is 1.66. The van der Waals surface area contributed by atoms with Crippen molar-refractivity contribution in [2.24, 2.45) is 0 Å². The van der Waals surface area contributed by atoms with Crippen LogP contribution < -0.4 is 5.32 Å². The Morgan fingerprint density at radius 3 is 2.25 bits per heavy atom. The number of aromatic nitrogens is 2. The van der Waals surface area contributed by atoms with Gasteiger partial charge < -0.3 is 15.0 Å². The summed E-state index contributed by atoms with van der Waals surface area (Å²) in [6, 6.07) is 19.8. The number of nitrogens with one attached hydrogen (secondary N) is 1. The second kappa shape index (κ2) is 8.43. The highest BCUT2D eigenvalue weighted by Gasteiger charge is 2.21. The first-order chi connectivity index (χ1) is 11.8. The van der Waals surface area contributed by atoms with Crippen LogP contribution in [0, 0.1) is 0 Å². The third-order valence-corrected chi connectivity index (χ3v) is 4.13. The van der Waals surface area contributed by atoms with E-state index in [-0.39, 0.29) is 6.04 Å². The van der Waals surface area contributed by atoms with Crippen molar-refractivity contribution < 1.29 is 5.11 Å². The summed E-state index contributed by atoms with van der Waals surface area (Å²) in [5, 5.41) is 14.4. The van der Waals surface area contributed by atoms with E-state index in [4.69, 9.17) is 0 Å². The first-order valence-electron chi connectivity index (χ1n) is 8.31. The second-order valence-electron chi connectivity index (χ2n) is 5.85. The Kier molecular flexibility index (Phi) is 5.77. The highest BCUT2D eigenvalue weighted by Crippen LogP contribution is 2.28. The Morgan fingerprint density at radius 2 is 1.62 bits per heavy atom. The van der Waals surface area contributed by atoms with E-state index >= 15 is 0 Å². The van der Waals surface area contributed by atoms with Crippen LogP contribution in [0.1, 0.15) is 29.7 Å². The van der Waals surface area contributed by atoms with Crippen LogP contribution in [0.4, 0.5) is 0 Å². The number of imidazole rings is 1. The first kappa shape index (κ1) is 16.4. The van der Waals surface area contributed by atoms with E-state index < -0.39 is 6.10 Å². The SMILES string of the molecule is OC(c1ccccc1)C(NCCCn1ccnc1)c1ccccc1. The van der Waals surface area contributed by atoms with Gasteiger partial charge in [-0.25, -0.2) is 4.98 Å². The molecule has 2 unspecified atom stereocenters. The molecule has 0 aliphatic carbocycles. The topological polar surface area (TPSA) is 50.1 Å². The number of aliphatic hydroxyl groups is 1. The normalized spacial score (nSPS) is 13.5. The fourth-order valence-corrected chi connectivity index (χ4v) is 2.85. The zero-order valence-electron chi connectivity index (χ0n) is 13.6. The van der Waals surface area contributed by atoms with Gasteiger partial charge in [0.15, 0.2) is 0 Å². The molecule has 0 saturated heterocycles. The molecule has 2 N–H and O–H groups in total. The van der Waals surface area contributed by atoms with E-state index in [0.717, 1.165) is 30.6 Å². The molecule has 0 amide bonds. The summed E-state index contributed by atoms with van der Waals surface area (Å²) in [6.07, 6.45) is 5.98. The van der Waals surface area contributed by atoms with Crippen LogP contribution >= 0.6 is 0 Å². The number of rotatable bonds is 8. The minimum absolute atomic E-state index is 0.128. The molecule has 3 rings (SSSR count). The van der Waals surface area contributed by atoms with Crippen molar-refractivity contribution in [3.8, 4) is 0 Å². The maximum Gasteiger partial charge on any atom is 0.0984 e. The molecule has 0 bridgehead atoms. The van der Waals surface area contributed by atoms with Crippen molar-refractivity contribution in [3.63, 3.8) is 0 Å². The van der Waals surface area contributed by atoms with E-state index in [0.29, 0.717) is 0 Å². The molecule has 0 radical (unpaired) electrons. The van der Waals surface area contributed by atoms with Crippen molar-refractivity contribution in [3.05, 3.63) is 90.5 Å². The van der Waals surface area contributed by atoms with Crippen molar-refractivity contribution in [1.29, 1.82) is 0 Å². The molecule has 24 heavy (non-hydrogen) atoms.